The third kappa shape index (κ3) is 2.18. The van der Waals surface area contributed by atoms with Crippen LogP contribution in [0.4, 0.5) is 0 Å². The van der Waals surface area contributed by atoms with Crippen LogP contribution in [-0.4, -0.2) is 26.9 Å². The summed E-state index contributed by atoms with van der Waals surface area (Å²) in [6.45, 7) is 6.35. The predicted molar refractivity (Wildman–Crippen MR) is 56.5 cm³/mol. The Kier molecular flexibility index (Phi) is 3.14. The molecule has 1 atom stereocenters. The lowest BCUT2D eigenvalue weighted by molar-refractivity contribution is -0.140. The summed E-state index contributed by atoms with van der Waals surface area (Å²) in [5, 5.41) is 13.0. The minimum atomic E-state index is -0.996. The smallest absolute Gasteiger partial charge is 0.321 e. The lowest BCUT2D eigenvalue weighted by Crippen LogP contribution is -2.46. The molecule has 1 heterocycles. The van der Waals surface area contributed by atoms with Crippen LogP contribution in [0.2, 0.25) is 0 Å². The van der Waals surface area contributed by atoms with Gasteiger partial charge in [0.25, 0.3) is 0 Å². The van der Waals surface area contributed by atoms with Gasteiger partial charge in [-0.1, -0.05) is 13.8 Å². The molecule has 5 nitrogen and oxygen atoms in total. The molecule has 15 heavy (non-hydrogen) atoms. The van der Waals surface area contributed by atoms with Gasteiger partial charge in [-0.15, -0.1) is 0 Å². The molecular weight excluding hydrogens is 194 g/mol. The molecule has 0 fully saturated rings. The molecule has 0 aliphatic carbocycles. The van der Waals surface area contributed by atoms with Gasteiger partial charge in [-0.2, -0.15) is 5.10 Å². The van der Waals surface area contributed by atoms with Crippen molar-refractivity contribution in [1.29, 1.82) is 0 Å². The van der Waals surface area contributed by atoms with Crippen molar-refractivity contribution in [3.8, 4) is 0 Å². The van der Waals surface area contributed by atoms with Gasteiger partial charge in [-0.3, -0.25) is 9.48 Å². The number of nitrogens with two attached hydrogens (primary N) is 1. The largest absolute Gasteiger partial charge is 0.480 e. The quantitative estimate of drug-likeness (QED) is 0.763. The van der Waals surface area contributed by atoms with Gasteiger partial charge in [0, 0.05) is 18.2 Å². The van der Waals surface area contributed by atoms with Crippen molar-refractivity contribution in [3.05, 3.63) is 18.0 Å². The van der Waals surface area contributed by atoms with Gasteiger partial charge in [-0.25, -0.2) is 0 Å². The Hall–Kier alpha value is -1.36. The van der Waals surface area contributed by atoms with Gasteiger partial charge in [0.05, 0.1) is 6.20 Å². The zero-order valence-electron chi connectivity index (χ0n) is 9.27. The SMILES string of the molecule is CCn1cc(C(C)(C)C(N)C(=O)O)cn1. The number of rotatable bonds is 4. The Labute approximate surface area is 88.9 Å². The van der Waals surface area contributed by atoms with Crippen molar-refractivity contribution < 1.29 is 9.90 Å². The predicted octanol–water partition coefficient (Wildman–Crippen LogP) is 0.592. The van der Waals surface area contributed by atoms with E-state index in [0.29, 0.717) is 0 Å². The van der Waals surface area contributed by atoms with Gasteiger partial charge in [0.1, 0.15) is 6.04 Å². The van der Waals surface area contributed by atoms with Gasteiger partial charge in [-0.05, 0) is 12.5 Å². The highest BCUT2D eigenvalue weighted by molar-refractivity contribution is 5.75. The molecular formula is C10H17N3O2. The van der Waals surface area contributed by atoms with E-state index in [0.717, 1.165) is 12.1 Å². The summed E-state index contributed by atoms with van der Waals surface area (Å²) in [6, 6.07) is -0.924. The summed E-state index contributed by atoms with van der Waals surface area (Å²) in [6.07, 6.45) is 3.51. The summed E-state index contributed by atoms with van der Waals surface area (Å²) in [5.41, 5.74) is 5.88. The third-order valence-electron chi connectivity index (χ3n) is 2.74. The molecule has 3 N–H and O–H groups in total. The third-order valence-corrected chi connectivity index (χ3v) is 2.74. The molecule has 0 amide bonds. The van der Waals surface area contributed by atoms with E-state index in [-0.39, 0.29) is 0 Å². The zero-order valence-corrected chi connectivity index (χ0v) is 9.27. The van der Waals surface area contributed by atoms with Gasteiger partial charge >= 0.3 is 5.97 Å². The van der Waals surface area contributed by atoms with E-state index in [1.807, 2.05) is 27.0 Å². The van der Waals surface area contributed by atoms with Gasteiger partial charge < -0.3 is 10.8 Å². The Morgan fingerprint density at radius 2 is 2.33 bits per heavy atom. The Morgan fingerprint density at radius 1 is 1.73 bits per heavy atom. The average Bonchev–Trinajstić information content (AvgIpc) is 2.65. The molecule has 0 radical (unpaired) electrons. The number of nitrogens with zero attached hydrogens (tertiary/aromatic N) is 2. The molecule has 0 aliphatic rings. The van der Waals surface area contributed by atoms with Crippen LogP contribution in [0.3, 0.4) is 0 Å². The number of carboxylic acids is 1. The van der Waals surface area contributed by atoms with Crippen LogP contribution >= 0.6 is 0 Å². The van der Waals surface area contributed by atoms with E-state index in [4.69, 9.17) is 10.8 Å². The maximum absolute atomic E-state index is 10.8. The molecule has 0 aliphatic heterocycles. The monoisotopic (exact) mass is 211 g/mol. The van der Waals surface area contributed by atoms with Crippen LogP contribution < -0.4 is 5.73 Å². The fourth-order valence-corrected chi connectivity index (χ4v) is 1.36. The van der Waals surface area contributed by atoms with E-state index in [9.17, 15) is 4.79 Å². The first-order valence-corrected chi connectivity index (χ1v) is 4.91. The summed E-state index contributed by atoms with van der Waals surface area (Å²) >= 11 is 0. The summed E-state index contributed by atoms with van der Waals surface area (Å²) in [5.74, 6) is -0.996. The van der Waals surface area contributed by atoms with Crippen LogP contribution in [0, 0.1) is 0 Å². The number of carbonyl (C=O) groups is 1. The maximum Gasteiger partial charge on any atom is 0.321 e. The second kappa shape index (κ2) is 4.02. The molecule has 0 saturated carbocycles. The normalized spacial score (nSPS) is 13.9. The fraction of sp³-hybridized carbons (Fsp3) is 0.600. The Balaban J connectivity index is 2.99. The van der Waals surface area contributed by atoms with Crippen LogP contribution in [0.25, 0.3) is 0 Å². The minimum Gasteiger partial charge on any atom is -0.480 e. The molecule has 84 valence electrons. The molecule has 0 saturated heterocycles. The van der Waals surface area contributed by atoms with Crippen molar-refractivity contribution in [1.82, 2.24) is 9.78 Å². The van der Waals surface area contributed by atoms with Crippen LogP contribution in [-0.2, 0) is 16.8 Å². The molecule has 0 spiro atoms. The first-order valence-electron chi connectivity index (χ1n) is 4.91. The van der Waals surface area contributed by atoms with Crippen LogP contribution in [0.5, 0.6) is 0 Å². The number of aromatic nitrogens is 2. The summed E-state index contributed by atoms with van der Waals surface area (Å²) in [4.78, 5) is 10.8. The topological polar surface area (TPSA) is 81.1 Å². The highest BCUT2D eigenvalue weighted by Gasteiger charge is 2.34. The molecule has 0 aromatic carbocycles. The van der Waals surface area contributed by atoms with E-state index >= 15 is 0 Å². The van der Waals surface area contributed by atoms with E-state index in [1.54, 1.807) is 10.9 Å². The lowest BCUT2D eigenvalue weighted by Gasteiger charge is -2.27. The number of hydrogen-bond donors (Lipinski definition) is 2. The van der Waals surface area contributed by atoms with E-state index in [1.165, 1.54) is 0 Å². The maximum atomic E-state index is 10.8. The van der Waals surface area contributed by atoms with Gasteiger partial charge in [0.15, 0.2) is 0 Å². The van der Waals surface area contributed by atoms with E-state index < -0.39 is 17.4 Å². The second-order valence-corrected chi connectivity index (χ2v) is 4.12. The van der Waals surface area contributed by atoms with Crippen molar-refractivity contribution in [2.45, 2.75) is 38.8 Å². The van der Waals surface area contributed by atoms with Crippen LogP contribution in [0.15, 0.2) is 12.4 Å². The Morgan fingerprint density at radius 3 is 2.73 bits per heavy atom. The molecule has 1 unspecified atom stereocenters. The summed E-state index contributed by atoms with van der Waals surface area (Å²) < 4.78 is 1.76. The second-order valence-electron chi connectivity index (χ2n) is 4.12. The average molecular weight is 211 g/mol. The van der Waals surface area contributed by atoms with Crippen molar-refractivity contribution in [2.75, 3.05) is 0 Å². The highest BCUT2D eigenvalue weighted by Crippen LogP contribution is 2.25. The molecule has 1 aromatic rings. The first-order chi connectivity index (χ1) is 6.89. The van der Waals surface area contributed by atoms with Crippen molar-refractivity contribution in [2.24, 2.45) is 5.73 Å². The molecule has 1 rings (SSSR count). The lowest BCUT2D eigenvalue weighted by atomic mass is 9.80. The number of carboxylic acid groups (broad SMARTS) is 1. The molecule has 1 aromatic heterocycles. The summed E-state index contributed by atoms with van der Waals surface area (Å²) in [7, 11) is 0. The van der Waals surface area contributed by atoms with Gasteiger partial charge in [0.2, 0.25) is 0 Å². The van der Waals surface area contributed by atoms with E-state index in [2.05, 4.69) is 5.10 Å². The minimum absolute atomic E-state index is 0.612. The standard InChI is InChI=1S/C10H17N3O2/c1-4-13-6-7(5-12-13)10(2,3)8(11)9(14)15/h5-6,8H,4,11H2,1-3H3,(H,14,15). The van der Waals surface area contributed by atoms with Crippen molar-refractivity contribution >= 4 is 5.97 Å². The first kappa shape index (κ1) is 11.7. The Bertz CT molecular complexity index is 357. The van der Waals surface area contributed by atoms with Crippen molar-refractivity contribution in [3.63, 3.8) is 0 Å². The number of hydrogen-bond acceptors (Lipinski definition) is 3. The zero-order chi connectivity index (χ0) is 11.6. The molecule has 5 heteroatoms. The molecule has 0 bridgehead atoms. The van der Waals surface area contributed by atoms with Crippen LogP contribution in [0.1, 0.15) is 26.3 Å². The fourth-order valence-electron chi connectivity index (χ4n) is 1.36. The number of aliphatic carboxylic acids is 1. The highest BCUT2D eigenvalue weighted by atomic mass is 16.4. The number of aryl methyl sites for hydroxylation is 1.